The molecule has 4 heteroatoms. The molecule has 0 atom stereocenters. The number of aromatic nitrogens is 2. The van der Waals surface area contributed by atoms with Gasteiger partial charge < -0.3 is 10.1 Å². The molecule has 2 N–H and O–H groups in total. The Hall–Kier alpha value is -1.55. The molecule has 0 unspecified atom stereocenters. The van der Waals surface area contributed by atoms with Gasteiger partial charge in [-0.2, -0.15) is 0 Å². The number of rotatable bonds is 2. The number of hydrogen-bond acceptors (Lipinski definition) is 2. The zero-order valence-electron chi connectivity index (χ0n) is 9.65. The van der Waals surface area contributed by atoms with Crippen LogP contribution in [0.3, 0.4) is 0 Å². The second kappa shape index (κ2) is 4.04. The number of H-pyrrole nitrogens is 1. The van der Waals surface area contributed by atoms with Crippen LogP contribution in [0.4, 0.5) is 0 Å². The van der Waals surface area contributed by atoms with Gasteiger partial charge in [0.05, 0.1) is 17.6 Å². The van der Waals surface area contributed by atoms with Gasteiger partial charge in [0.25, 0.3) is 0 Å². The minimum absolute atomic E-state index is 0.0139. The molecule has 0 spiro atoms. The molecule has 1 heterocycles. The fourth-order valence-electron chi connectivity index (χ4n) is 2.79. The van der Waals surface area contributed by atoms with Crippen molar-refractivity contribution < 1.29 is 5.11 Å². The molecule has 90 valence electrons. The molecule has 17 heavy (non-hydrogen) atoms. The van der Waals surface area contributed by atoms with E-state index in [2.05, 4.69) is 4.98 Å². The lowest BCUT2D eigenvalue weighted by Crippen LogP contribution is -2.20. The third-order valence-corrected chi connectivity index (χ3v) is 3.65. The van der Waals surface area contributed by atoms with Gasteiger partial charge in [-0.1, -0.05) is 18.9 Å². The normalized spacial score (nSPS) is 17.0. The second-order valence-corrected chi connectivity index (χ2v) is 4.75. The molecule has 1 aromatic carbocycles. The minimum atomic E-state index is -0.0259. The number of nitrogens with zero attached hydrogens (tertiary/aromatic N) is 1. The van der Waals surface area contributed by atoms with Crippen LogP contribution in [0.1, 0.15) is 37.3 Å². The Balaban J connectivity index is 2.20. The lowest BCUT2D eigenvalue weighted by atomic mass is 10.2. The lowest BCUT2D eigenvalue weighted by molar-refractivity contribution is 0.282. The second-order valence-electron chi connectivity index (χ2n) is 4.75. The number of nitrogens with one attached hydrogen (secondary N) is 1. The topological polar surface area (TPSA) is 58.0 Å². The van der Waals surface area contributed by atoms with Crippen molar-refractivity contribution in [3.8, 4) is 0 Å². The van der Waals surface area contributed by atoms with Crippen LogP contribution in [0.25, 0.3) is 11.0 Å². The van der Waals surface area contributed by atoms with Crippen LogP contribution in [0.15, 0.2) is 23.0 Å². The predicted octanol–water partition coefficient (Wildman–Crippen LogP) is 1.94. The van der Waals surface area contributed by atoms with E-state index in [1.165, 1.54) is 12.8 Å². The summed E-state index contributed by atoms with van der Waals surface area (Å²) < 4.78 is 1.86. The highest BCUT2D eigenvalue weighted by Crippen LogP contribution is 2.30. The van der Waals surface area contributed by atoms with Gasteiger partial charge in [-0.3, -0.25) is 4.57 Å². The van der Waals surface area contributed by atoms with Crippen LogP contribution < -0.4 is 5.69 Å². The van der Waals surface area contributed by atoms with Crippen molar-refractivity contribution in [2.24, 2.45) is 0 Å². The molecule has 2 aromatic rings. The van der Waals surface area contributed by atoms with Gasteiger partial charge in [0.2, 0.25) is 0 Å². The SMILES string of the molecule is O=c1[nH]c2ccc(CO)cc2n1C1CCCC1. The Bertz CT molecular complexity index is 591. The molecule has 1 fully saturated rings. The summed E-state index contributed by atoms with van der Waals surface area (Å²) in [5.41, 5.74) is 2.61. The van der Waals surface area contributed by atoms with Crippen LogP contribution in [0, 0.1) is 0 Å². The summed E-state index contributed by atoms with van der Waals surface area (Å²) in [5.74, 6) is 0. The van der Waals surface area contributed by atoms with Gasteiger partial charge in [-0.05, 0) is 30.5 Å². The third kappa shape index (κ3) is 1.69. The van der Waals surface area contributed by atoms with Gasteiger partial charge in [0, 0.05) is 6.04 Å². The van der Waals surface area contributed by atoms with E-state index in [9.17, 15) is 4.79 Å². The summed E-state index contributed by atoms with van der Waals surface area (Å²) in [4.78, 5) is 14.9. The van der Waals surface area contributed by atoms with Crippen molar-refractivity contribution in [3.05, 3.63) is 34.2 Å². The van der Waals surface area contributed by atoms with Gasteiger partial charge in [-0.15, -0.1) is 0 Å². The zero-order valence-corrected chi connectivity index (χ0v) is 9.65. The van der Waals surface area contributed by atoms with Crippen molar-refractivity contribution in [3.63, 3.8) is 0 Å². The maximum Gasteiger partial charge on any atom is 0.326 e. The van der Waals surface area contributed by atoms with Gasteiger partial charge in [0.15, 0.2) is 0 Å². The molecule has 3 rings (SSSR count). The number of hydrogen-bond donors (Lipinski definition) is 2. The molecule has 0 radical (unpaired) electrons. The molecule has 0 bridgehead atoms. The monoisotopic (exact) mass is 232 g/mol. The Morgan fingerprint density at radius 3 is 2.82 bits per heavy atom. The van der Waals surface area contributed by atoms with Crippen LogP contribution in [0.2, 0.25) is 0 Å². The molecule has 0 aliphatic heterocycles. The van der Waals surface area contributed by atoms with Gasteiger partial charge in [0.1, 0.15) is 0 Å². The Morgan fingerprint density at radius 2 is 2.12 bits per heavy atom. The predicted molar refractivity (Wildman–Crippen MR) is 66.0 cm³/mol. The molecular weight excluding hydrogens is 216 g/mol. The number of fused-ring (bicyclic) bond motifs is 1. The summed E-state index contributed by atoms with van der Waals surface area (Å²) in [6, 6.07) is 5.95. The first kappa shape index (κ1) is 10.6. The number of aliphatic hydroxyl groups excluding tert-OH is 1. The van der Waals surface area contributed by atoms with E-state index in [1.54, 1.807) is 0 Å². The average molecular weight is 232 g/mol. The van der Waals surface area contributed by atoms with E-state index in [0.29, 0.717) is 6.04 Å². The van der Waals surface area contributed by atoms with E-state index < -0.39 is 0 Å². The zero-order chi connectivity index (χ0) is 11.8. The summed E-state index contributed by atoms with van der Waals surface area (Å²) >= 11 is 0. The largest absolute Gasteiger partial charge is 0.392 e. The fraction of sp³-hybridized carbons (Fsp3) is 0.462. The van der Waals surface area contributed by atoms with Crippen molar-refractivity contribution in [1.29, 1.82) is 0 Å². The fourth-order valence-corrected chi connectivity index (χ4v) is 2.79. The van der Waals surface area contributed by atoms with Crippen LogP contribution in [-0.2, 0) is 6.61 Å². The summed E-state index contributed by atoms with van der Waals surface area (Å²) in [5, 5.41) is 9.16. The summed E-state index contributed by atoms with van der Waals surface area (Å²) in [7, 11) is 0. The standard InChI is InChI=1S/C13H16N2O2/c16-8-9-5-6-11-12(7-9)15(13(17)14-11)10-3-1-2-4-10/h5-7,10,16H,1-4,8H2,(H,14,17). The van der Waals surface area contributed by atoms with E-state index in [1.807, 2.05) is 22.8 Å². The average Bonchev–Trinajstić information content (AvgIpc) is 2.93. The maximum absolute atomic E-state index is 12.0. The van der Waals surface area contributed by atoms with Crippen LogP contribution in [0.5, 0.6) is 0 Å². The quantitative estimate of drug-likeness (QED) is 0.831. The minimum Gasteiger partial charge on any atom is -0.392 e. The van der Waals surface area contributed by atoms with Gasteiger partial charge >= 0.3 is 5.69 Å². The molecule has 0 amide bonds. The van der Waals surface area contributed by atoms with Crippen LogP contribution in [-0.4, -0.2) is 14.7 Å². The molecule has 1 aromatic heterocycles. The smallest absolute Gasteiger partial charge is 0.326 e. The van der Waals surface area contributed by atoms with Crippen molar-refractivity contribution in [1.82, 2.24) is 9.55 Å². The van der Waals surface area contributed by atoms with Crippen LogP contribution >= 0.6 is 0 Å². The number of aliphatic hydroxyl groups is 1. The van der Waals surface area contributed by atoms with Crippen molar-refractivity contribution in [2.45, 2.75) is 38.3 Å². The molecular formula is C13H16N2O2. The van der Waals surface area contributed by atoms with E-state index in [4.69, 9.17) is 5.11 Å². The third-order valence-electron chi connectivity index (χ3n) is 3.65. The molecule has 1 saturated carbocycles. The first-order chi connectivity index (χ1) is 8.29. The van der Waals surface area contributed by atoms with Crippen molar-refractivity contribution in [2.75, 3.05) is 0 Å². The number of aromatic amines is 1. The highest BCUT2D eigenvalue weighted by atomic mass is 16.3. The summed E-state index contributed by atoms with van der Waals surface area (Å²) in [6.07, 6.45) is 4.55. The Labute approximate surface area is 98.9 Å². The van der Waals surface area contributed by atoms with E-state index >= 15 is 0 Å². The highest BCUT2D eigenvalue weighted by Gasteiger charge is 2.21. The Morgan fingerprint density at radius 1 is 1.35 bits per heavy atom. The lowest BCUT2D eigenvalue weighted by Gasteiger charge is -2.11. The molecule has 0 saturated heterocycles. The highest BCUT2D eigenvalue weighted by molar-refractivity contribution is 5.76. The molecule has 1 aliphatic carbocycles. The van der Waals surface area contributed by atoms with Crippen molar-refractivity contribution >= 4 is 11.0 Å². The first-order valence-electron chi connectivity index (χ1n) is 6.13. The molecule has 4 nitrogen and oxygen atoms in total. The molecule has 1 aliphatic rings. The summed E-state index contributed by atoms with van der Waals surface area (Å²) in [6.45, 7) is 0.0139. The number of imidazole rings is 1. The maximum atomic E-state index is 12.0. The first-order valence-corrected chi connectivity index (χ1v) is 6.13. The van der Waals surface area contributed by atoms with Gasteiger partial charge in [-0.25, -0.2) is 4.79 Å². The Kier molecular flexibility index (Phi) is 2.52. The van der Waals surface area contributed by atoms with E-state index in [0.717, 1.165) is 29.4 Å². The van der Waals surface area contributed by atoms with E-state index in [-0.39, 0.29) is 12.3 Å². The number of benzene rings is 1.